The molecular formula is C15H18Br2N2O. The van der Waals surface area contributed by atoms with Gasteiger partial charge < -0.3 is 14.6 Å². The van der Waals surface area contributed by atoms with Crippen LogP contribution in [-0.4, -0.2) is 11.7 Å². The number of nitrogens with one attached hydrogen (secondary N) is 1. The van der Waals surface area contributed by atoms with Gasteiger partial charge in [-0.2, -0.15) is 0 Å². The molecule has 2 aromatic rings. The van der Waals surface area contributed by atoms with Gasteiger partial charge in [0.1, 0.15) is 5.75 Å². The highest BCUT2D eigenvalue weighted by Crippen LogP contribution is 2.34. The summed E-state index contributed by atoms with van der Waals surface area (Å²) in [5, 5.41) is 3.45. The Morgan fingerprint density at radius 3 is 2.40 bits per heavy atom. The molecule has 0 amide bonds. The third-order valence-electron chi connectivity index (χ3n) is 3.59. The Bertz CT molecular complexity index is 635. The van der Waals surface area contributed by atoms with Gasteiger partial charge in [-0.1, -0.05) is 0 Å². The fourth-order valence-electron chi connectivity index (χ4n) is 2.12. The molecule has 1 heterocycles. The number of nitrogens with zero attached hydrogens (tertiary/aromatic N) is 1. The van der Waals surface area contributed by atoms with E-state index in [2.05, 4.69) is 68.7 Å². The molecule has 0 radical (unpaired) electrons. The van der Waals surface area contributed by atoms with Crippen LogP contribution in [0.4, 0.5) is 5.69 Å². The summed E-state index contributed by atoms with van der Waals surface area (Å²) in [7, 11) is 3.76. The van der Waals surface area contributed by atoms with Gasteiger partial charge in [0, 0.05) is 35.5 Å². The van der Waals surface area contributed by atoms with Crippen molar-refractivity contribution in [2.75, 3.05) is 12.4 Å². The number of benzene rings is 1. The maximum atomic E-state index is 5.33. The lowest BCUT2D eigenvalue weighted by atomic mass is 10.2. The fourth-order valence-corrected chi connectivity index (χ4v) is 3.42. The zero-order valence-corrected chi connectivity index (χ0v) is 15.2. The summed E-state index contributed by atoms with van der Waals surface area (Å²) < 4.78 is 9.47. The molecule has 5 heteroatoms. The first kappa shape index (κ1) is 15.4. The largest absolute Gasteiger partial charge is 0.495 e. The minimum atomic E-state index is 0.789. The first-order chi connectivity index (χ1) is 9.43. The Labute approximate surface area is 136 Å². The molecule has 0 saturated heterocycles. The van der Waals surface area contributed by atoms with Gasteiger partial charge in [-0.25, -0.2) is 0 Å². The highest BCUT2D eigenvalue weighted by Gasteiger charge is 2.09. The molecule has 3 nitrogen and oxygen atoms in total. The number of aryl methyl sites for hydroxylation is 1. The number of ether oxygens (including phenoxy) is 1. The maximum absolute atomic E-state index is 5.33. The van der Waals surface area contributed by atoms with E-state index >= 15 is 0 Å². The first-order valence-corrected chi connectivity index (χ1v) is 7.91. The lowest BCUT2D eigenvalue weighted by Gasteiger charge is -2.12. The second kappa shape index (κ2) is 6.22. The van der Waals surface area contributed by atoms with Crippen molar-refractivity contribution < 1.29 is 4.74 Å². The molecule has 0 aliphatic rings. The van der Waals surface area contributed by atoms with E-state index in [-0.39, 0.29) is 0 Å². The van der Waals surface area contributed by atoms with Crippen LogP contribution in [0.15, 0.2) is 27.1 Å². The van der Waals surface area contributed by atoms with Crippen LogP contribution < -0.4 is 10.1 Å². The first-order valence-electron chi connectivity index (χ1n) is 6.32. The highest BCUT2D eigenvalue weighted by molar-refractivity contribution is 9.11. The smallest absolute Gasteiger partial charge is 0.135 e. The van der Waals surface area contributed by atoms with Crippen molar-refractivity contribution in [3.05, 3.63) is 44.1 Å². The molecule has 0 aliphatic carbocycles. The summed E-state index contributed by atoms with van der Waals surface area (Å²) in [5.74, 6) is 0.816. The Balaban J connectivity index is 2.20. The third-order valence-corrected chi connectivity index (χ3v) is 4.87. The van der Waals surface area contributed by atoms with E-state index in [4.69, 9.17) is 4.74 Å². The average molecular weight is 402 g/mol. The normalized spacial score (nSPS) is 10.7. The highest BCUT2D eigenvalue weighted by atomic mass is 79.9. The van der Waals surface area contributed by atoms with E-state index < -0.39 is 0 Å². The molecule has 0 bridgehead atoms. The van der Waals surface area contributed by atoms with Gasteiger partial charge in [0.2, 0.25) is 0 Å². The lowest BCUT2D eigenvalue weighted by molar-refractivity contribution is 0.412. The third kappa shape index (κ3) is 3.04. The molecule has 0 spiro atoms. The molecule has 0 unspecified atom stereocenters. The standard InChI is InChI=1S/C15H18Br2N2O/c1-9-5-11(10(2)19(9)3)8-18-14-7-15(20-4)13(17)6-12(14)16/h5-7,18H,8H2,1-4H3. The monoisotopic (exact) mass is 400 g/mol. The summed E-state index contributed by atoms with van der Waals surface area (Å²) in [4.78, 5) is 0. The second-order valence-electron chi connectivity index (χ2n) is 4.78. The van der Waals surface area contributed by atoms with Gasteiger partial charge in [-0.15, -0.1) is 0 Å². The van der Waals surface area contributed by atoms with Crippen LogP contribution in [0, 0.1) is 13.8 Å². The van der Waals surface area contributed by atoms with Crippen molar-refractivity contribution in [2.24, 2.45) is 7.05 Å². The van der Waals surface area contributed by atoms with Crippen molar-refractivity contribution in [2.45, 2.75) is 20.4 Å². The fraction of sp³-hybridized carbons (Fsp3) is 0.333. The quantitative estimate of drug-likeness (QED) is 0.797. The van der Waals surface area contributed by atoms with Crippen molar-refractivity contribution in [3.63, 3.8) is 0 Å². The Morgan fingerprint density at radius 1 is 1.15 bits per heavy atom. The van der Waals surface area contributed by atoms with Crippen LogP contribution in [0.25, 0.3) is 0 Å². The van der Waals surface area contributed by atoms with Crippen molar-refractivity contribution in [1.29, 1.82) is 0 Å². The Kier molecular flexibility index (Phi) is 4.81. The van der Waals surface area contributed by atoms with E-state index in [1.807, 2.05) is 12.1 Å². The zero-order chi connectivity index (χ0) is 14.9. The number of hydrogen-bond donors (Lipinski definition) is 1. The number of anilines is 1. The zero-order valence-electron chi connectivity index (χ0n) is 12.1. The van der Waals surface area contributed by atoms with Crippen LogP contribution in [0.1, 0.15) is 17.0 Å². The number of methoxy groups -OCH3 is 1. The summed E-state index contributed by atoms with van der Waals surface area (Å²) >= 11 is 7.04. The Morgan fingerprint density at radius 2 is 1.85 bits per heavy atom. The summed E-state index contributed by atoms with van der Waals surface area (Å²) in [6, 6.07) is 6.19. The molecule has 2 rings (SSSR count). The van der Waals surface area contributed by atoms with Gasteiger partial charge in [0.05, 0.1) is 17.3 Å². The van der Waals surface area contributed by atoms with Crippen molar-refractivity contribution >= 4 is 37.5 Å². The van der Waals surface area contributed by atoms with E-state index in [9.17, 15) is 0 Å². The summed E-state index contributed by atoms with van der Waals surface area (Å²) in [5.41, 5.74) is 4.88. The van der Waals surface area contributed by atoms with Crippen molar-refractivity contribution in [3.8, 4) is 5.75 Å². The molecule has 1 aromatic carbocycles. The lowest BCUT2D eigenvalue weighted by Crippen LogP contribution is -2.02. The van der Waals surface area contributed by atoms with Crippen molar-refractivity contribution in [1.82, 2.24) is 4.57 Å². The van der Waals surface area contributed by atoms with E-state index in [1.165, 1.54) is 17.0 Å². The SMILES string of the molecule is COc1cc(NCc2cc(C)n(C)c2C)c(Br)cc1Br. The number of hydrogen-bond acceptors (Lipinski definition) is 2. The van der Waals surface area contributed by atoms with E-state index in [0.717, 1.165) is 26.9 Å². The minimum Gasteiger partial charge on any atom is -0.495 e. The van der Waals surface area contributed by atoms with Crippen LogP contribution in [0.5, 0.6) is 5.75 Å². The molecule has 1 N–H and O–H groups in total. The molecule has 1 aromatic heterocycles. The van der Waals surface area contributed by atoms with Gasteiger partial charge in [0.25, 0.3) is 0 Å². The summed E-state index contributed by atoms with van der Waals surface area (Å²) in [6.45, 7) is 5.05. The van der Waals surface area contributed by atoms with Crippen LogP contribution >= 0.6 is 31.9 Å². The topological polar surface area (TPSA) is 26.2 Å². The van der Waals surface area contributed by atoms with Crippen LogP contribution in [0.3, 0.4) is 0 Å². The van der Waals surface area contributed by atoms with Crippen LogP contribution in [0.2, 0.25) is 0 Å². The molecule has 0 saturated carbocycles. The summed E-state index contributed by atoms with van der Waals surface area (Å²) in [6.07, 6.45) is 0. The van der Waals surface area contributed by atoms with Gasteiger partial charge in [-0.3, -0.25) is 0 Å². The Hall–Kier alpha value is -0.940. The van der Waals surface area contributed by atoms with Gasteiger partial charge >= 0.3 is 0 Å². The van der Waals surface area contributed by atoms with Gasteiger partial charge in [-0.05, 0) is 63.4 Å². The molecule has 20 heavy (non-hydrogen) atoms. The molecule has 108 valence electrons. The number of halogens is 2. The molecule has 0 fully saturated rings. The number of aromatic nitrogens is 1. The predicted octanol–water partition coefficient (Wildman–Crippen LogP) is 4.79. The average Bonchev–Trinajstić information content (AvgIpc) is 2.65. The molecule has 0 atom stereocenters. The van der Waals surface area contributed by atoms with E-state index in [0.29, 0.717) is 0 Å². The second-order valence-corrected chi connectivity index (χ2v) is 6.48. The van der Waals surface area contributed by atoms with E-state index in [1.54, 1.807) is 7.11 Å². The van der Waals surface area contributed by atoms with Gasteiger partial charge in [0.15, 0.2) is 0 Å². The predicted molar refractivity (Wildman–Crippen MR) is 90.6 cm³/mol. The maximum Gasteiger partial charge on any atom is 0.135 e. The van der Waals surface area contributed by atoms with Crippen LogP contribution in [-0.2, 0) is 13.6 Å². The number of rotatable bonds is 4. The minimum absolute atomic E-state index is 0.789. The molecule has 0 aliphatic heterocycles. The molecular weight excluding hydrogens is 384 g/mol.